The highest BCUT2D eigenvalue weighted by atomic mass is 32.2. The van der Waals surface area contributed by atoms with Crippen LogP contribution in [0.1, 0.15) is 17.3 Å². The molecule has 1 unspecified atom stereocenters. The lowest BCUT2D eigenvalue weighted by Crippen LogP contribution is -2.48. The Bertz CT molecular complexity index is 785. The highest BCUT2D eigenvalue weighted by Gasteiger charge is 2.27. The zero-order chi connectivity index (χ0) is 17.5. The first-order chi connectivity index (χ1) is 11.3. The lowest BCUT2D eigenvalue weighted by Gasteiger charge is -2.35. The van der Waals surface area contributed by atoms with Crippen molar-refractivity contribution in [3.8, 4) is 0 Å². The summed E-state index contributed by atoms with van der Waals surface area (Å²) in [5, 5.41) is 5.38. The van der Waals surface area contributed by atoms with E-state index in [-0.39, 0.29) is 11.8 Å². The molecule has 1 aromatic carbocycles. The minimum Gasteiger partial charge on any atom is -0.369 e. The van der Waals surface area contributed by atoms with Gasteiger partial charge in [-0.15, -0.1) is 0 Å². The normalized spacial score (nSPS) is 22.4. The lowest BCUT2D eigenvalue weighted by atomic mass is 10.1. The molecule has 1 fully saturated rings. The quantitative estimate of drug-likeness (QED) is 0.771. The highest BCUT2D eigenvalue weighted by Crippen LogP contribution is 2.26. The van der Waals surface area contributed by atoms with Crippen LogP contribution in [-0.2, 0) is 14.8 Å². The van der Waals surface area contributed by atoms with Gasteiger partial charge in [-0.3, -0.25) is 9.59 Å². The first-order valence-corrected chi connectivity index (χ1v) is 9.56. The minimum atomic E-state index is -3.18. The van der Waals surface area contributed by atoms with Crippen molar-refractivity contribution in [2.45, 2.75) is 13.0 Å². The van der Waals surface area contributed by atoms with Crippen LogP contribution in [0.4, 0.5) is 11.4 Å². The molecule has 0 radical (unpaired) electrons. The number of carbonyl (C=O) groups is 2. The number of sulfonamides is 1. The first kappa shape index (κ1) is 16.7. The number of amides is 2. The van der Waals surface area contributed by atoms with E-state index in [4.69, 9.17) is 0 Å². The van der Waals surface area contributed by atoms with Gasteiger partial charge in [0.2, 0.25) is 15.9 Å². The molecule has 2 amide bonds. The van der Waals surface area contributed by atoms with Crippen LogP contribution in [0, 0.1) is 0 Å². The third kappa shape index (κ3) is 3.22. The molecule has 130 valence electrons. The van der Waals surface area contributed by atoms with Crippen molar-refractivity contribution in [3.63, 3.8) is 0 Å². The lowest BCUT2D eigenvalue weighted by molar-refractivity contribution is -0.117. The summed E-state index contributed by atoms with van der Waals surface area (Å²) in [6.07, 6.45) is 1.21. The van der Waals surface area contributed by atoms with Crippen molar-refractivity contribution in [1.29, 1.82) is 0 Å². The Balaban J connectivity index is 1.81. The predicted octanol–water partition coefficient (Wildman–Crippen LogP) is -0.161. The van der Waals surface area contributed by atoms with Gasteiger partial charge in [-0.05, 0) is 25.1 Å². The number of hydrogen-bond acceptors (Lipinski definition) is 5. The zero-order valence-electron chi connectivity index (χ0n) is 13.6. The Labute approximate surface area is 140 Å². The Morgan fingerprint density at radius 2 is 1.79 bits per heavy atom. The number of nitrogens with one attached hydrogen (secondary N) is 2. The molecule has 2 N–H and O–H groups in total. The largest absolute Gasteiger partial charge is 0.369 e. The van der Waals surface area contributed by atoms with E-state index < -0.39 is 16.1 Å². The molecule has 0 bridgehead atoms. The summed E-state index contributed by atoms with van der Waals surface area (Å²) in [4.78, 5) is 26.1. The predicted molar refractivity (Wildman–Crippen MR) is 90.6 cm³/mol. The Morgan fingerprint density at radius 3 is 2.42 bits per heavy atom. The van der Waals surface area contributed by atoms with E-state index in [9.17, 15) is 18.0 Å². The van der Waals surface area contributed by atoms with Crippen molar-refractivity contribution in [3.05, 3.63) is 23.8 Å². The van der Waals surface area contributed by atoms with Crippen molar-refractivity contribution in [2.75, 3.05) is 42.7 Å². The second kappa shape index (κ2) is 6.06. The summed E-state index contributed by atoms with van der Waals surface area (Å²) >= 11 is 0. The van der Waals surface area contributed by atoms with Gasteiger partial charge in [-0.25, -0.2) is 8.42 Å². The van der Waals surface area contributed by atoms with Gasteiger partial charge in [0.05, 0.1) is 17.5 Å². The average Bonchev–Trinajstić information content (AvgIpc) is 2.63. The summed E-state index contributed by atoms with van der Waals surface area (Å²) in [6, 6.07) is 4.69. The molecule has 1 saturated heterocycles. The summed E-state index contributed by atoms with van der Waals surface area (Å²) in [5.74, 6) is -0.552. The number of piperazine rings is 1. The molecular weight excluding hydrogens is 332 g/mol. The molecule has 0 spiro atoms. The average molecular weight is 352 g/mol. The fourth-order valence-corrected chi connectivity index (χ4v) is 3.71. The van der Waals surface area contributed by atoms with Gasteiger partial charge in [0.25, 0.3) is 5.91 Å². The fraction of sp³-hybridized carbons (Fsp3) is 0.467. The van der Waals surface area contributed by atoms with Crippen molar-refractivity contribution >= 4 is 33.2 Å². The van der Waals surface area contributed by atoms with Crippen LogP contribution in [0.25, 0.3) is 0 Å². The molecule has 24 heavy (non-hydrogen) atoms. The Hall–Kier alpha value is -2.13. The number of rotatable bonds is 2. The van der Waals surface area contributed by atoms with E-state index >= 15 is 0 Å². The first-order valence-electron chi connectivity index (χ1n) is 7.71. The number of benzene rings is 1. The molecule has 9 heteroatoms. The number of hydrogen-bond donors (Lipinski definition) is 2. The van der Waals surface area contributed by atoms with Crippen molar-refractivity contribution < 1.29 is 18.0 Å². The maximum atomic E-state index is 12.3. The number of nitrogens with zero attached hydrogens (tertiary/aromatic N) is 2. The second-order valence-electron chi connectivity index (χ2n) is 6.06. The van der Waals surface area contributed by atoms with Crippen molar-refractivity contribution in [1.82, 2.24) is 9.62 Å². The molecule has 8 nitrogen and oxygen atoms in total. The van der Waals surface area contributed by atoms with E-state index in [1.54, 1.807) is 19.1 Å². The van der Waals surface area contributed by atoms with Crippen LogP contribution in [0.5, 0.6) is 0 Å². The molecule has 0 aromatic heterocycles. The van der Waals surface area contributed by atoms with Crippen molar-refractivity contribution in [2.24, 2.45) is 0 Å². The summed E-state index contributed by atoms with van der Waals surface area (Å²) in [7, 11) is -3.18. The number of anilines is 2. The monoisotopic (exact) mass is 352 g/mol. The minimum absolute atomic E-state index is 0.253. The summed E-state index contributed by atoms with van der Waals surface area (Å²) < 4.78 is 24.6. The third-order valence-corrected chi connectivity index (χ3v) is 5.62. The van der Waals surface area contributed by atoms with Crippen LogP contribution < -0.4 is 15.5 Å². The molecule has 1 atom stereocenters. The van der Waals surface area contributed by atoms with Gasteiger partial charge in [0.15, 0.2) is 0 Å². The second-order valence-corrected chi connectivity index (χ2v) is 8.05. The van der Waals surface area contributed by atoms with Crippen LogP contribution in [0.2, 0.25) is 0 Å². The summed E-state index contributed by atoms with van der Waals surface area (Å²) in [6.45, 7) is 3.56. The SMILES string of the molecule is CC1NC(=O)c2cc(N3CCN(S(C)(=O)=O)CC3)ccc2NC1=O. The smallest absolute Gasteiger partial charge is 0.254 e. The van der Waals surface area contributed by atoms with Crippen LogP contribution >= 0.6 is 0 Å². The van der Waals surface area contributed by atoms with E-state index in [2.05, 4.69) is 10.6 Å². The number of carbonyl (C=O) groups excluding carboxylic acids is 2. The maximum absolute atomic E-state index is 12.3. The third-order valence-electron chi connectivity index (χ3n) is 4.32. The molecule has 0 aliphatic carbocycles. The van der Waals surface area contributed by atoms with Gasteiger partial charge in [0, 0.05) is 31.9 Å². The summed E-state index contributed by atoms with van der Waals surface area (Å²) in [5.41, 5.74) is 1.73. The van der Waals surface area contributed by atoms with E-state index in [0.717, 1.165) is 5.69 Å². The van der Waals surface area contributed by atoms with E-state index in [1.165, 1.54) is 10.6 Å². The highest BCUT2D eigenvalue weighted by molar-refractivity contribution is 7.88. The van der Waals surface area contributed by atoms with E-state index in [0.29, 0.717) is 37.4 Å². The molecule has 0 saturated carbocycles. The molecule has 3 rings (SSSR count). The van der Waals surface area contributed by atoms with Gasteiger partial charge in [-0.1, -0.05) is 0 Å². The van der Waals surface area contributed by atoms with Gasteiger partial charge in [-0.2, -0.15) is 4.31 Å². The van der Waals surface area contributed by atoms with Crippen LogP contribution in [0.3, 0.4) is 0 Å². The van der Waals surface area contributed by atoms with Gasteiger partial charge < -0.3 is 15.5 Å². The molecule has 2 aliphatic rings. The molecular formula is C15H20N4O4S. The topological polar surface area (TPSA) is 98.8 Å². The number of fused-ring (bicyclic) bond motifs is 1. The Kier molecular flexibility index (Phi) is 4.22. The van der Waals surface area contributed by atoms with Crippen LogP contribution in [0.15, 0.2) is 18.2 Å². The fourth-order valence-electron chi connectivity index (χ4n) is 2.88. The van der Waals surface area contributed by atoms with Crippen LogP contribution in [-0.4, -0.2) is 63.0 Å². The molecule has 2 heterocycles. The zero-order valence-corrected chi connectivity index (χ0v) is 14.4. The molecule has 1 aromatic rings. The Morgan fingerprint density at radius 1 is 1.12 bits per heavy atom. The maximum Gasteiger partial charge on any atom is 0.254 e. The molecule has 2 aliphatic heterocycles. The standard InChI is InChI=1S/C15H20N4O4S/c1-10-14(20)17-13-4-3-11(9-12(13)15(21)16-10)18-5-7-19(8-6-18)24(2,22)23/h3-4,9-10H,5-8H2,1-2H3,(H,16,21)(H,17,20). The van der Waals surface area contributed by atoms with E-state index in [1.807, 2.05) is 11.0 Å². The van der Waals surface area contributed by atoms with Gasteiger partial charge >= 0.3 is 0 Å². The van der Waals surface area contributed by atoms with Gasteiger partial charge in [0.1, 0.15) is 6.04 Å².